The largest absolute Gasteiger partial charge is 0.0470 e. The van der Waals surface area contributed by atoms with E-state index in [-0.39, 0.29) is 0 Å². The quantitative estimate of drug-likeness (QED) is 0.477. The minimum atomic E-state index is 0.970. The Bertz CT molecular complexity index is 194. The SMILES string of the molecule is C1C2CC34CC2CC3C1C4. The van der Waals surface area contributed by atoms with Gasteiger partial charge in [0.2, 0.25) is 0 Å². The van der Waals surface area contributed by atoms with Gasteiger partial charge in [-0.2, -0.15) is 0 Å². The van der Waals surface area contributed by atoms with Gasteiger partial charge in [-0.15, -0.1) is 0 Å². The average Bonchev–Trinajstić information content (AvgIpc) is 2.32. The zero-order chi connectivity index (χ0) is 6.34. The maximum Gasteiger partial charge on any atom is -0.0258 e. The van der Waals surface area contributed by atoms with Crippen LogP contribution >= 0.6 is 0 Å². The molecule has 6 aliphatic carbocycles. The van der Waals surface area contributed by atoms with Crippen LogP contribution in [0.2, 0.25) is 0 Å². The van der Waals surface area contributed by atoms with Gasteiger partial charge < -0.3 is 0 Å². The summed E-state index contributed by atoms with van der Waals surface area (Å²) in [7, 11) is 0. The molecule has 6 rings (SSSR count). The summed E-state index contributed by atoms with van der Waals surface area (Å²) in [5, 5.41) is 0. The van der Waals surface area contributed by atoms with Crippen LogP contribution in [0, 0.1) is 29.1 Å². The Labute approximate surface area is 62.0 Å². The first kappa shape index (κ1) is 4.79. The number of rotatable bonds is 0. The highest BCUT2D eigenvalue weighted by molar-refractivity contribution is 5.18. The van der Waals surface area contributed by atoms with Crippen molar-refractivity contribution < 1.29 is 0 Å². The molecule has 5 unspecified atom stereocenters. The molecule has 1 spiro atoms. The minimum Gasteiger partial charge on any atom is -0.0470 e. The van der Waals surface area contributed by atoms with Gasteiger partial charge in [-0.1, -0.05) is 0 Å². The molecule has 0 aromatic heterocycles. The van der Waals surface area contributed by atoms with E-state index in [0.717, 1.165) is 5.41 Å². The number of hydrogen-bond acceptors (Lipinski definition) is 0. The summed E-state index contributed by atoms with van der Waals surface area (Å²) in [6.45, 7) is 0. The summed E-state index contributed by atoms with van der Waals surface area (Å²) in [4.78, 5) is 0. The molecule has 0 heterocycles. The second kappa shape index (κ2) is 1.09. The Morgan fingerprint density at radius 1 is 0.800 bits per heavy atom. The molecule has 6 aliphatic rings. The Kier molecular flexibility index (Phi) is 0.522. The molecule has 0 aliphatic heterocycles. The van der Waals surface area contributed by atoms with Gasteiger partial charge in [0.15, 0.2) is 0 Å². The van der Waals surface area contributed by atoms with Gasteiger partial charge in [0.25, 0.3) is 0 Å². The molecule has 54 valence electrons. The summed E-state index contributed by atoms with van der Waals surface area (Å²) in [6.07, 6.45) is 8.23. The van der Waals surface area contributed by atoms with E-state index in [1.54, 1.807) is 32.1 Å². The van der Waals surface area contributed by atoms with Crippen LogP contribution in [-0.2, 0) is 0 Å². The lowest BCUT2D eigenvalue weighted by molar-refractivity contribution is -0.0952. The summed E-state index contributed by atoms with van der Waals surface area (Å²) in [5.74, 6) is 4.88. The third-order valence-corrected chi connectivity index (χ3v) is 5.19. The number of hydrogen-bond donors (Lipinski definition) is 0. The van der Waals surface area contributed by atoms with Crippen molar-refractivity contribution in [2.45, 2.75) is 32.1 Å². The summed E-state index contributed by atoms with van der Waals surface area (Å²) < 4.78 is 0. The molecule has 6 fully saturated rings. The third-order valence-electron chi connectivity index (χ3n) is 5.19. The second-order valence-corrected chi connectivity index (χ2v) is 5.33. The van der Waals surface area contributed by atoms with Crippen LogP contribution in [-0.4, -0.2) is 0 Å². The highest BCUT2D eigenvalue weighted by atomic mass is 14.7. The van der Waals surface area contributed by atoms with Gasteiger partial charge in [-0.25, -0.2) is 0 Å². The van der Waals surface area contributed by atoms with E-state index in [4.69, 9.17) is 0 Å². The molecule has 0 nitrogen and oxygen atoms in total. The van der Waals surface area contributed by atoms with Crippen LogP contribution in [0.25, 0.3) is 0 Å². The van der Waals surface area contributed by atoms with Crippen molar-refractivity contribution in [1.29, 1.82) is 0 Å². The summed E-state index contributed by atoms with van der Waals surface area (Å²) >= 11 is 0. The smallest absolute Gasteiger partial charge is 0.0258 e. The molecule has 10 heavy (non-hydrogen) atoms. The summed E-state index contributed by atoms with van der Waals surface area (Å²) in [6, 6.07) is 0. The van der Waals surface area contributed by atoms with Crippen molar-refractivity contribution in [2.75, 3.05) is 0 Å². The molecule has 0 heteroatoms. The maximum atomic E-state index is 1.65. The predicted octanol–water partition coefficient (Wildman–Crippen LogP) is 2.44. The van der Waals surface area contributed by atoms with Gasteiger partial charge in [0.1, 0.15) is 0 Å². The van der Waals surface area contributed by atoms with Crippen LogP contribution in [0.3, 0.4) is 0 Å². The zero-order valence-electron chi connectivity index (χ0n) is 6.34. The predicted molar refractivity (Wildman–Crippen MR) is 39.5 cm³/mol. The molecule has 5 atom stereocenters. The van der Waals surface area contributed by atoms with Gasteiger partial charge >= 0.3 is 0 Å². The van der Waals surface area contributed by atoms with Gasteiger partial charge in [0.05, 0.1) is 0 Å². The second-order valence-electron chi connectivity index (χ2n) is 5.33. The van der Waals surface area contributed by atoms with E-state index in [9.17, 15) is 0 Å². The molecule has 5 bridgehead atoms. The monoisotopic (exact) mass is 134 g/mol. The highest BCUT2D eigenvalue weighted by Crippen LogP contribution is 2.78. The van der Waals surface area contributed by atoms with Crippen LogP contribution in [0.5, 0.6) is 0 Å². The Morgan fingerprint density at radius 2 is 1.50 bits per heavy atom. The molecular weight excluding hydrogens is 120 g/mol. The molecule has 0 aromatic rings. The standard InChI is InChI=1S/C10H14/c1-6-3-10-4-7(6)2-9(10)8(1)5-10/h6-9H,1-5H2. The molecule has 6 saturated carbocycles. The molecule has 0 aromatic carbocycles. The fourth-order valence-electron chi connectivity index (χ4n) is 5.04. The maximum absolute atomic E-state index is 1.65. The summed E-state index contributed by atoms with van der Waals surface area (Å²) in [5.41, 5.74) is 0.970. The topological polar surface area (TPSA) is 0 Å². The van der Waals surface area contributed by atoms with Crippen molar-refractivity contribution in [3.8, 4) is 0 Å². The first-order chi connectivity index (χ1) is 4.87. The lowest BCUT2D eigenvalue weighted by atomic mass is 9.46. The zero-order valence-corrected chi connectivity index (χ0v) is 6.34. The van der Waals surface area contributed by atoms with E-state index in [1.807, 2.05) is 0 Å². The Morgan fingerprint density at radius 3 is 2.00 bits per heavy atom. The molecule has 0 radical (unpaired) electrons. The van der Waals surface area contributed by atoms with Gasteiger partial charge in [-0.3, -0.25) is 0 Å². The van der Waals surface area contributed by atoms with Crippen LogP contribution < -0.4 is 0 Å². The van der Waals surface area contributed by atoms with Crippen LogP contribution in [0.1, 0.15) is 32.1 Å². The molecule has 0 saturated heterocycles. The fraction of sp³-hybridized carbons (Fsp3) is 1.00. The van der Waals surface area contributed by atoms with Crippen molar-refractivity contribution in [1.82, 2.24) is 0 Å². The Balaban J connectivity index is 1.96. The molecular formula is C10H14. The van der Waals surface area contributed by atoms with Crippen molar-refractivity contribution in [3.05, 3.63) is 0 Å². The van der Waals surface area contributed by atoms with Crippen molar-refractivity contribution >= 4 is 0 Å². The van der Waals surface area contributed by atoms with E-state index < -0.39 is 0 Å². The van der Waals surface area contributed by atoms with Gasteiger partial charge in [0, 0.05) is 0 Å². The van der Waals surface area contributed by atoms with E-state index in [2.05, 4.69) is 0 Å². The first-order valence-corrected chi connectivity index (χ1v) is 4.87. The Hall–Kier alpha value is 0. The lowest BCUT2D eigenvalue weighted by Crippen LogP contribution is -2.50. The van der Waals surface area contributed by atoms with E-state index >= 15 is 0 Å². The van der Waals surface area contributed by atoms with Crippen molar-refractivity contribution in [3.63, 3.8) is 0 Å². The fourth-order valence-corrected chi connectivity index (χ4v) is 5.04. The first-order valence-electron chi connectivity index (χ1n) is 4.87. The molecule has 0 amide bonds. The molecule has 0 N–H and O–H groups in total. The minimum absolute atomic E-state index is 0.970. The average molecular weight is 134 g/mol. The van der Waals surface area contributed by atoms with E-state index in [1.165, 1.54) is 23.7 Å². The third kappa shape index (κ3) is 0.286. The van der Waals surface area contributed by atoms with Crippen LogP contribution in [0.15, 0.2) is 0 Å². The van der Waals surface area contributed by atoms with Crippen LogP contribution in [0.4, 0.5) is 0 Å². The normalized spacial score (nSPS) is 74.4. The van der Waals surface area contributed by atoms with Crippen molar-refractivity contribution in [2.24, 2.45) is 29.1 Å². The van der Waals surface area contributed by atoms with E-state index in [0.29, 0.717) is 0 Å². The lowest BCUT2D eigenvalue weighted by Gasteiger charge is -2.59. The highest BCUT2D eigenvalue weighted by Gasteiger charge is 2.69. The van der Waals surface area contributed by atoms with Gasteiger partial charge in [-0.05, 0) is 61.2 Å².